The van der Waals surface area contributed by atoms with Crippen molar-refractivity contribution in [3.63, 3.8) is 0 Å². The van der Waals surface area contributed by atoms with Crippen molar-refractivity contribution in [2.24, 2.45) is 0 Å². The molecule has 1 N–H and O–H groups in total. The van der Waals surface area contributed by atoms with Crippen LogP contribution in [0.4, 0.5) is 8.78 Å². The quantitative estimate of drug-likeness (QED) is 0.818. The number of halogens is 2. The summed E-state index contributed by atoms with van der Waals surface area (Å²) in [6.07, 6.45) is -0.692. The minimum Gasteiger partial charge on any atom is -0.391 e. The van der Waals surface area contributed by atoms with Crippen molar-refractivity contribution in [3.8, 4) is 0 Å². The van der Waals surface area contributed by atoms with Gasteiger partial charge in [0.05, 0.1) is 23.8 Å². The van der Waals surface area contributed by atoms with Crippen molar-refractivity contribution < 1.29 is 28.2 Å². The summed E-state index contributed by atoms with van der Waals surface area (Å²) < 4.78 is 30.9. The van der Waals surface area contributed by atoms with Crippen molar-refractivity contribution in [1.29, 1.82) is 0 Å². The van der Waals surface area contributed by atoms with Gasteiger partial charge < -0.3 is 9.84 Å². The molecule has 1 unspecified atom stereocenters. The first-order valence-corrected chi connectivity index (χ1v) is 5.98. The van der Waals surface area contributed by atoms with E-state index in [0.29, 0.717) is 0 Å². The molecule has 1 aliphatic heterocycles. The molecule has 1 aromatic carbocycles. The third-order valence-electron chi connectivity index (χ3n) is 3.06. The zero-order chi connectivity index (χ0) is 14.9. The van der Waals surface area contributed by atoms with Crippen LogP contribution in [0.15, 0.2) is 12.1 Å². The Balaban J connectivity index is 2.16. The van der Waals surface area contributed by atoms with E-state index in [2.05, 4.69) is 0 Å². The van der Waals surface area contributed by atoms with Gasteiger partial charge in [0.2, 0.25) is 0 Å². The summed E-state index contributed by atoms with van der Waals surface area (Å²) in [5, 5.41) is 9.49. The topological polar surface area (TPSA) is 66.8 Å². The summed E-state index contributed by atoms with van der Waals surface area (Å²) in [6.45, 7) is 0.0343. The molecular weight excluding hydrogens is 272 g/mol. The standard InChI is InChI=1S/C13H13F2NO4/c1-20-6-7(17)2-3-16-12(18)8-4-10(14)11(15)5-9(8)13(16)19/h4-5,7,17H,2-3,6H2,1H3. The van der Waals surface area contributed by atoms with Gasteiger partial charge in [-0.15, -0.1) is 0 Å². The fourth-order valence-electron chi connectivity index (χ4n) is 2.04. The Morgan fingerprint density at radius 3 is 2.15 bits per heavy atom. The molecule has 2 rings (SSSR count). The predicted molar refractivity (Wildman–Crippen MR) is 64.2 cm³/mol. The highest BCUT2D eigenvalue weighted by Crippen LogP contribution is 2.25. The van der Waals surface area contributed by atoms with Crippen LogP contribution in [-0.2, 0) is 4.74 Å². The monoisotopic (exact) mass is 285 g/mol. The summed E-state index contributed by atoms with van der Waals surface area (Å²) in [5.74, 6) is -3.72. The molecule has 0 fully saturated rings. The van der Waals surface area contributed by atoms with Crippen LogP contribution in [0.1, 0.15) is 27.1 Å². The maximum absolute atomic E-state index is 13.1. The number of hydrogen-bond donors (Lipinski definition) is 1. The number of aliphatic hydroxyl groups excluding tert-OH is 1. The van der Waals surface area contributed by atoms with E-state index >= 15 is 0 Å². The lowest BCUT2D eigenvalue weighted by atomic mass is 10.1. The van der Waals surface area contributed by atoms with E-state index < -0.39 is 29.6 Å². The number of benzene rings is 1. The van der Waals surface area contributed by atoms with Crippen LogP contribution in [0.25, 0.3) is 0 Å². The molecule has 5 nitrogen and oxygen atoms in total. The van der Waals surface area contributed by atoms with Crippen molar-refractivity contribution in [1.82, 2.24) is 4.90 Å². The number of ether oxygens (including phenoxy) is 1. The molecule has 0 radical (unpaired) electrons. The number of rotatable bonds is 5. The molecule has 0 saturated carbocycles. The van der Waals surface area contributed by atoms with Gasteiger partial charge >= 0.3 is 0 Å². The van der Waals surface area contributed by atoms with E-state index in [-0.39, 0.29) is 30.7 Å². The molecule has 1 heterocycles. The van der Waals surface area contributed by atoms with Crippen LogP contribution in [0.5, 0.6) is 0 Å². The van der Waals surface area contributed by atoms with Gasteiger partial charge in [0.1, 0.15) is 0 Å². The summed E-state index contributed by atoms with van der Waals surface area (Å²) in [5.41, 5.74) is -0.315. The Kier molecular flexibility index (Phi) is 4.10. The second-order valence-corrected chi connectivity index (χ2v) is 4.47. The van der Waals surface area contributed by atoms with Gasteiger partial charge in [-0.1, -0.05) is 0 Å². The van der Waals surface area contributed by atoms with E-state index in [1.807, 2.05) is 0 Å². The largest absolute Gasteiger partial charge is 0.391 e. The lowest BCUT2D eigenvalue weighted by Crippen LogP contribution is -2.33. The normalized spacial score (nSPS) is 15.7. The van der Waals surface area contributed by atoms with Crippen molar-refractivity contribution in [3.05, 3.63) is 34.9 Å². The van der Waals surface area contributed by atoms with Crippen LogP contribution < -0.4 is 0 Å². The van der Waals surface area contributed by atoms with Gasteiger partial charge in [-0.05, 0) is 18.6 Å². The molecule has 108 valence electrons. The number of carbonyl (C=O) groups is 2. The highest BCUT2D eigenvalue weighted by molar-refractivity contribution is 6.21. The predicted octanol–water partition coefficient (Wildman–Crippen LogP) is 0.958. The third-order valence-corrected chi connectivity index (χ3v) is 3.06. The van der Waals surface area contributed by atoms with Gasteiger partial charge in [0.25, 0.3) is 11.8 Å². The Morgan fingerprint density at radius 1 is 1.20 bits per heavy atom. The molecule has 7 heteroatoms. The van der Waals surface area contributed by atoms with Gasteiger partial charge in [-0.2, -0.15) is 0 Å². The molecule has 0 saturated heterocycles. The number of hydrogen-bond acceptors (Lipinski definition) is 4. The third kappa shape index (κ3) is 2.54. The number of amides is 2. The lowest BCUT2D eigenvalue weighted by molar-refractivity contribution is 0.0459. The van der Waals surface area contributed by atoms with Crippen LogP contribution in [0.2, 0.25) is 0 Å². The molecule has 2 amide bonds. The van der Waals surface area contributed by atoms with Crippen molar-refractivity contribution >= 4 is 11.8 Å². The number of methoxy groups -OCH3 is 1. The fourth-order valence-corrected chi connectivity index (χ4v) is 2.04. The zero-order valence-corrected chi connectivity index (χ0v) is 10.7. The highest BCUT2D eigenvalue weighted by atomic mass is 19.2. The SMILES string of the molecule is COCC(O)CCN1C(=O)c2cc(F)c(F)cc2C1=O. The Bertz CT molecular complexity index is 521. The number of carbonyl (C=O) groups excluding carboxylic acids is 2. The Morgan fingerprint density at radius 2 is 1.70 bits per heavy atom. The van der Waals surface area contributed by atoms with Crippen LogP contribution in [0, 0.1) is 11.6 Å². The van der Waals surface area contributed by atoms with Crippen LogP contribution in [-0.4, -0.2) is 48.2 Å². The molecular formula is C13H13F2NO4. The minimum absolute atomic E-state index is 0.0416. The smallest absolute Gasteiger partial charge is 0.261 e. The molecule has 0 spiro atoms. The zero-order valence-electron chi connectivity index (χ0n) is 10.7. The molecule has 20 heavy (non-hydrogen) atoms. The Hall–Kier alpha value is -1.86. The van der Waals surface area contributed by atoms with E-state index in [9.17, 15) is 23.5 Å². The molecule has 1 aromatic rings. The fraction of sp³-hybridized carbons (Fsp3) is 0.385. The molecule has 1 aliphatic rings. The maximum atomic E-state index is 13.1. The van der Waals surface area contributed by atoms with Crippen LogP contribution >= 0.6 is 0 Å². The average Bonchev–Trinajstić information content (AvgIpc) is 2.61. The van der Waals surface area contributed by atoms with Crippen molar-refractivity contribution in [2.45, 2.75) is 12.5 Å². The van der Waals surface area contributed by atoms with E-state index in [1.165, 1.54) is 7.11 Å². The van der Waals surface area contributed by atoms with Crippen LogP contribution in [0.3, 0.4) is 0 Å². The maximum Gasteiger partial charge on any atom is 0.261 e. The van der Waals surface area contributed by atoms with Gasteiger partial charge in [0.15, 0.2) is 11.6 Å². The molecule has 1 atom stereocenters. The molecule has 0 aliphatic carbocycles. The first-order valence-electron chi connectivity index (χ1n) is 5.98. The number of fused-ring (bicyclic) bond motifs is 1. The first kappa shape index (κ1) is 14.5. The molecule has 0 aromatic heterocycles. The van der Waals surface area contributed by atoms with Gasteiger partial charge in [-0.25, -0.2) is 8.78 Å². The lowest BCUT2D eigenvalue weighted by Gasteiger charge is -2.16. The second-order valence-electron chi connectivity index (χ2n) is 4.47. The van der Waals surface area contributed by atoms with E-state index in [4.69, 9.17) is 4.74 Å². The van der Waals surface area contributed by atoms with E-state index in [1.54, 1.807) is 0 Å². The van der Waals surface area contributed by atoms with E-state index in [0.717, 1.165) is 17.0 Å². The van der Waals surface area contributed by atoms with Gasteiger partial charge in [0, 0.05) is 13.7 Å². The summed E-state index contributed by atoms with van der Waals surface area (Å²) >= 11 is 0. The number of aliphatic hydroxyl groups is 1. The highest BCUT2D eigenvalue weighted by Gasteiger charge is 2.36. The minimum atomic E-state index is -1.17. The number of imide groups is 1. The second kappa shape index (κ2) is 5.64. The molecule has 0 bridgehead atoms. The number of nitrogens with zero attached hydrogens (tertiary/aromatic N) is 1. The first-order chi connectivity index (χ1) is 9.45. The summed E-state index contributed by atoms with van der Waals surface area (Å²) in [7, 11) is 1.41. The summed E-state index contributed by atoms with van der Waals surface area (Å²) in [6, 6.07) is 1.44. The van der Waals surface area contributed by atoms with Crippen molar-refractivity contribution in [2.75, 3.05) is 20.3 Å². The summed E-state index contributed by atoms with van der Waals surface area (Å²) in [4.78, 5) is 24.8. The Labute approximate surface area is 113 Å². The average molecular weight is 285 g/mol. The van der Waals surface area contributed by atoms with Gasteiger partial charge in [-0.3, -0.25) is 14.5 Å².